The van der Waals surface area contributed by atoms with Crippen LogP contribution in [0, 0.1) is 0 Å². The molecule has 4 rings (SSSR count). The molecule has 1 aliphatic heterocycles. The van der Waals surface area contributed by atoms with Gasteiger partial charge in [0.05, 0.1) is 6.54 Å². The summed E-state index contributed by atoms with van der Waals surface area (Å²) in [5, 5.41) is 11.6. The van der Waals surface area contributed by atoms with E-state index in [-0.39, 0.29) is 5.91 Å². The number of benzene rings is 2. The van der Waals surface area contributed by atoms with E-state index in [1.165, 1.54) is 12.5 Å². The van der Waals surface area contributed by atoms with Crippen molar-refractivity contribution < 1.29 is 4.79 Å². The summed E-state index contributed by atoms with van der Waals surface area (Å²) in [4.78, 5) is 13.6. The number of carbonyl (C=O) groups is 1. The molecule has 1 aliphatic rings. The van der Waals surface area contributed by atoms with Crippen molar-refractivity contribution in [3.8, 4) is 11.4 Å². The summed E-state index contributed by atoms with van der Waals surface area (Å²) in [6, 6.07) is 18.2. The molecule has 0 spiro atoms. The number of rotatable bonds is 4. The largest absolute Gasteiger partial charge is 0.326 e. The van der Waals surface area contributed by atoms with Crippen molar-refractivity contribution in [2.45, 2.75) is 26.6 Å². The smallest absolute Gasteiger partial charge is 0.221 e. The second-order valence-corrected chi connectivity index (χ2v) is 6.55. The predicted molar refractivity (Wildman–Crippen MR) is 100 cm³/mol. The summed E-state index contributed by atoms with van der Waals surface area (Å²) in [6.07, 6.45) is 0. The number of anilines is 1. The number of nitrogens with one attached hydrogen (secondary N) is 1. The van der Waals surface area contributed by atoms with Gasteiger partial charge < -0.3 is 9.88 Å². The van der Waals surface area contributed by atoms with Crippen LogP contribution in [0.25, 0.3) is 11.4 Å². The molecule has 2 heterocycles. The van der Waals surface area contributed by atoms with E-state index in [1.54, 1.807) is 0 Å². The van der Waals surface area contributed by atoms with E-state index >= 15 is 0 Å². The monoisotopic (exact) mass is 347 g/mol. The van der Waals surface area contributed by atoms with Gasteiger partial charge in [0.25, 0.3) is 0 Å². The Morgan fingerprint density at radius 3 is 2.73 bits per heavy atom. The first kappa shape index (κ1) is 16.5. The van der Waals surface area contributed by atoms with Gasteiger partial charge in [-0.15, -0.1) is 10.2 Å². The Hall–Kier alpha value is -2.99. The summed E-state index contributed by atoms with van der Waals surface area (Å²) in [6.45, 7) is 4.92. The van der Waals surface area contributed by atoms with Crippen molar-refractivity contribution >= 4 is 11.6 Å². The summed E-state index contributed by atoms with van der Waals surface area (Å²) in [5.74, 6) is 1.88. The molecule has 1 N–H and O–H groups in total. The van der Waals surface area contributed by atoms with E-state index in [4.69, 9.17) is 0 Å². The van der Waals surface area contributed by atoms with Gasteiger partial charge in [0.1, 0.15) is 5.82 Å². The number of nitrogens with zero attached hydrogens (tertiary/aromatic N) is 4. The highest BCUT2D eigenvalue weighted by Gasteiger charge is 2.21. The highest BCUT2D eigenvalue weighted by atomic mass is 16.1. The molecule has 6 nitrogen and oxygen atoms in total. The lowest BCUT2D eigenvalue weighted by Gasteiger charge is -2.27. The predicted octanol–water partition coefficient (Wildman–Crippen LogP) is 2.92. The highest BCUT2D eigenvalue weighted by molar-refractivity contribution is 5.88. The fourth-order valence-electron chi connectivity index (χ4n) is 3.35. The third kappa shape index (κ3) is 3.50. The minimum Gasteiger partial charge on any atom is -0.326 e. The van der Waals surface area contributed by atoms with E-state index in [9.17, 15) is 4.79 Å². The molecular weight excluding hydrogens is 326 g/mol. The summed E-state index contributed by atoms with van der Waals surface area (Å²) < 4.78 is 2.21. The molecule has 0 atom stereocenters. The molecule has 26 heavy (non-hydrogen) atoms. The van der Waals surface area contributed by atoms with Crippen molar-refractivity contribution in [1.29, 1.82) is 0 Å². The average molecular weight is 347 g/mol. The lowest BCUT2D eigenvalue weighted by atomic mass is 10.1. The molecular formula is C20H21N5O. The van der Waals surface area contributed by atoms with Gasteiger partial charge in [-0.1, -0.05) is 42.5 Å². The number of hydrogen-bond acceptors (Lipinski definition) is 4. The lowest BCUT2D eigenvalue weighted by molar-refractivity contribution is -0.114. The highest BCUT2D eigenvalue weighted by Crippen LogP contribution is 2.22. The first-order valence-electron chi connectivity index (χ1n) is 8.75. The molecule has 0 radical (unpaired) electrons. The van der Waals surface area contributed by atoms with E-state index < -0.39 is 0 Å². The lowest BCUT2D eigenvalue weighted by Crippen LogP contribution is -2.33. The van der Waals surface area contributed by atoms with Crippen LogP contribution in [0.1, 0.15) is 18.3 Å². The fourth-order valence-corrected chi connectivity index (χ4v) is 3.35. The molecule has 132 valence electrons. The first-order valence-corrected chi connectivity index (χ1v) is 8.75. The molecule has 0 saturated carbocycles. The fraction of sp³-hybridized carbons (Fsp3) is 0.250. The number of aromatic nitrogens is 3. The number of amides is 1. The van der Waals surface area contributed by atoms with Crippen molar-refractivity contribution in [3.05, 3.63) is 66.0 Å². The van der Waals surface area contributed by atoms with Crippen LogP contribution in [-0.2, 0) is 24.4 Å². The molecule has 0 unspecified atom stereocenters. The minimum atomic E-state index is -0.0540. The van der Waals surface area contributed by atoms with Gasteiger partial charge in [-0.2, -0.15) is 0 Å². The Morgan fingerprint density at radius 1 is 1.08 bits per heavy atom. The Kier molecular flexibility index (Phi) is 4.50. The Balaban J connectivity index is 1.48. The number of hydrogen-bond donors (Lipinski definition) is 1. The number of carbonyl (C=O) groups excluding carboxylic acids is 1. The molecule has 6 heteroatoms. The molecule has 0 fully saturated rings. The second kappa shape index (κ2) is 7.09. The van der Waals surface area contributed by atoms with Crippen molar-refractivity contribution in [2.75, 3.05) is 11.9 Å². The van der Waals surface area contributed by atoms with Gasteiger partial charge in [-0.25, -0.2) is 0 Å². The van der Waals surface area contributed by atoms with Crippen molar-refractivity contribution in [2.24, 2.45) is 0 Å². The van der Waals surface area contributed by atoms with Crippen LogP contribution >= 0.6 is 0 Å². The zero-order chi connectivity index (χ0) is 17.9. The van der Waals surface area contributed by atoms with Crippen molar-refractivity contribution in [1.82, 2.24) is 19.7 Å². The Labute approximate surface area is 152 Å². The zero-order valence-electron chi connectivity index (χ0n) is 14.7. The molecule has 0 bridgehead atoms. The maximum absolute atomic E-state index is 11.2. The third-order valence-electron chi connectivity index (χ3n) is 4.52. The maximum atomic E-state index is 11.2. The van der Waals surface area contributed by atoms with Crippen molar-refractivity contribution in [3.63, 3.8) is 0 Å². The minimum absolute atomic E-state index is 0.0540. The van der Waals surface area contributed by atoms with Gasteiger partial charge in [0.2, 0.25) is 5.91 Å². The standard InChI is InChI=1S/C20H21N5O/c1-15(26)21-18-9-5-6-16(12-18)13-24-10-11-25-19(14-24)22-23-20(25)17-7-3-2-4-8-17/h2-9,12H,10-11,13-14H2,1H3,(H,21,26). The van der Waals surface area contributed by atoms with Crippen LogP contribution < -0.4 is 5.32 Å². The van der Waals surface area contributed by atoms with E-state index in [0.717, 1.165) is 49.1 Å². The van der Waals surface area contributed by atoms with E-state index in [2.05, 4.69) is 43.2 Å². The van der Waals surface area contributed by atoms with Gasteiger partial charge in [0, 0.05) is 37.8 Å². The Morgan fingerprint density at radius 2 is 1.92 bits per heavy atom. The quantitative estimate of drug-likeness (QED) is 0.788. The molecule has 1 amide bonds. The SMILES string of the molecule is CC(=O)Nc1cccc(CN2CCn3c(nnc3-c3ccccc3)C2)c1. The Bertz CT molecular complexity index is 919. The molecule has 2 aromatic carbocycles. The van der Waals surface area contributed by atoms with Gasteiger partial charge in [-0.05, 0) is 17.7 Å². The second-order valence-electron chi connectivity index (χ2n) is 6.55. The van der Waals surface area contributed by atoms with Crippen LogP contribution in [0.3, 0.4) is 0 Å². The van der Waals surface area contributed by atoms with Crippen LogP contribution in [0.5, 0.6) is 0 Å². The molecule has 0 saturated heterocycles. The van der Waals surface area contributed by atoms with Gasteiger partial charge >= 0.3 is 0 Å². The zero-order valence-corrected chi connectivity index (χ0v) is 14.7. The molecule has 0 aliphatic carbocycles. The van der Waals surface area contributed by atoms with Crippen LogP contribution in [0.15, 0.2) is 54.6 Å². The summed E-state index contributed by atoms with van der Waals surface area (Å²) in [5.41, 5.74) is 3.11. The van der Waals surface area contributed by atoms with Crippen LogP contribution in [0.4, 0.5) is 5.69 Å². The molecule has 1 aromatic heterocycles. The normalized spacial score (nSPS) is 14.0. The van der Waals surface area contributed by atoms with Gasteiger partial charge in [0.15, 0.2) is 5.82 Å². The third-order valence-corrected chi connectivity index (χ3v) is 4.52. The molecule has 3 aromatic rings. The van der Waals surface area contributed by atoms with E-state index in [0.29, 0.717) is 0 Å². The van der Waals surface area contributed by atoms with Crippen LogP contribution in [-0.4, -0.2) is 32.1 Å². The number of fused-ring (bicyclic) bond motifs is 1. The summed E-state index contributed by atoms with van der Waals surface area (Å²) in [7, 11) is 0. The van der Waals surface area contributed by atoms with E-state index in [1.807, 2.05) is 36.4 Å². The summed E-state index contributed by atoms with van der Waals surface area (Å²) >= 11 is 0. The van der Waals surface area contributed by atoms with Crippen LogP contribution in [0.2, 0.25) is 0 Å². The topological polar surface area (TPSA) is 63.1 Å². The average Bonchev–Trinajstić information content (AvgIpc) is 3.05. The first-order chi connectivity index (χ1) is 12.7. The maximum Gasteiger partial charge on any atom is 0.221 e. The van der Waals surface area contributed by atoms with Gasteiger partial charge in [-0.3, -0.25) is 9.69 Å².